The maximum Gasteiger partial charge on any atom is 0.250 e. The van der Waals surface area contributed by atoms with Gasteiger partial charge in [-0.25, -0.2) is 0 Å². The molecule has 104 valence electrons. The van der Waals surface area contributed by atoms with Crippen LogP contribution in [-0.2, 0) is 0 Å². The van der Waals surface area contributed by atoms with Crippen molar-refractivity contribution < 1.29 is 9.53 Å². The highest BCUT2D eigenvalue weighted by atomic mass is 35.5. The van der Waals surface area contributed by atoms with Crippen LogP contribution in [0.1, 0.15) is 17.3 Å². The smallest absolute Gasteiger partial charge is 0.250 e. The predicted molar refractivity (Wildman–Crippen MR) is 80.9 cm³/mol. The monoisotopic (exact) mass is 290 g/mol. The van der Waals surface area contributed by atoms with Crippen molar-refractivity contribution in [3.63, 3.8) is 0 Å². The Morgan fingerprint density at radius 2 is 1.95 bits per heavy atom. The standard InChI is InChI=1S/C15H15ClN2O2/c1-2-20-12-6-4-11(5-7-12)18-14-8-3-10(16)9-13(14)15(17)19/h3-9,18H,2H2,1H3,(H2,17,19). The molecule has 2 aromatic carbocycles. The molecule has 0 spiro atoms. The lowest BCUT2D eigenvalue weighted by molar-refractivity contribution is 0.100. The average molecular weight is 291 g/mol. The Balaban J connectivity index is 2.23. The van der Waals surface area contributed by atoms with Crippen molar-refractivity contribution in [3.05, 3.63) is 53.1 Å². The molecule has 2 aromatic rings. The van der Waals surface area contributed by atoms with E-state index in [2.05, 4.69) is 5.32 Å². The molecule has 4 nitrogen and oxygen atoms in total. The Morgan fingerprint density at radius 1 is 1.25 bits per heavy atom. The quantitative estimate of drug-likeness (QED) is 0.884. The first-order chi connectivity index (χ1) is 9.60. The van der Waals surface area contributed by atoms with Crippen LogP contribution in [-0.4, -0.2) is 12.5 Å². The lowest BCUT2D eigenvalue weighted by Crippen LogP contribution is -2.13. The van der Waals surface area contributed by atoms with Gasteiger partial charge in [-0.1, -0.05) is 11.6 Å². The Labute approximate surface area is 122 Å². The van der Waals surface area contributed by atoms with Gasteiger partial charge in [-0.05, 0) is 49.4 Å². The third-order valence-electron chi connectivity index (χ3n) is 2.69. The van der Waals surface area contributed by atoms with Crippen LogP contribution in [0, 0.1) is 0 Å². The van der Waals surface area contributed by atoms with Crippen LogP contribution < -0.4 is 15.8 Å². The molecule has 0 atom stereocenters. The maximum atomic E-state index is 11.4. The van der Waals surface area contributed by atoms with Crippen LogP contribution in [0.4, 0.5) is 11.4 Å². The van der Waals surface area contributed by atoms with Gasteiger partial charge in [0.2, 0.25) is 0 Å². The number of carbonyl (C=O) groups is 1. The van der Waals surface area contributed by atoms with Gasteiger partial charge in [0, 0.05) is 10.7 Å². The molecule has 5 heteroatoms. The van der Waals surface area contributed by atoms with E-state index >= 15 is 0 Å². The predicted octanol–water partition coefficient (Wildman–Crippen LogP) is 3.58. The number of hydrogen-bond donors (Lipinski definition) is 2. The minimum atomic E-state index is -0.527. The third-order valence-corrected chi connectivity index (χ3v) is 2.93. The third kappa shape index (κ3) is 3.42. The van der Waals surface area contributed by atoms with E-state index in [1.807, 2.05) is 31.2 Å². The van der Waals surface area contributed by atoms with Crippen LogP contribution in [0.25, 0.3) is 0 Å². The molecular formula is C15H15ClN2O2. The van der Waals surface area contributed by atoms with Gasteiger partial charge < -0.3 is 15.8 Å². The molecule has 1 amide bonds. The summed E-state index contributed by atoms with van der Waals surface area (Å²) in [5.74, 6) is 0.269. The fraction of sp³-hybridized carbons (Fsp3) is 0.133. The summed E-state index contributed by atoms with van der Waals surface area (Å²) in [5, 5.41) is 3.60. The zero-order valence-electron chi connectivity index (χ0n) is 11.0. The van der Waals surface area contributed by atoms with Crippen LogP contribution in [0.3, 0.4) is 0 Å². The second-order valence-electron chi connectivity index (χ2n) is 4.14. The molecule has 2 rings (SSSR count). The first-order valence-electron chi connectivity index (χ1n) is 6.19. The van der Waals surface area contributed by atoms with E-state index in [0.29, 0.717) is 22.9 Å². The summed E-state index contributed by atoms with van der Waals surface area (Å²) >= 11 is 5.87. The van der Waals surface area contributed by atoms with Gasteiger partial charge in [-0.3, -0.25) is 4.79 Å². The number of nitrogens with two attached hydrogens (primary N) is 1. The fourth-order valence-electron chi connectivity index (χ4n) is 1.79. The molecule has 3 N–H and O–H groups in total. The van der Waals surface area contributed by atoms with Gasteiger partial charge in [0.15, 0.2) is 0 Å². The number of hydrogen-bond acceptors (Lipinski definition) is 3. The van der Waals surface area contributed by atoms with E-state index in [1.54, 1.807) is 18.2 Å². The summed E-state index contributed by atoms with van der Waals surface area (Å²) < 4.78 is 5.37. The van der Waals surface area contributed by atoms with Crippen LogP contribution in [0.5, 0.6) is 5.75 Å². The number of rotatable bonds is 5. The van der Waals surface area contributed by atoms with Gasteiger partial charge in [0.05, 0.1) is 17.9 Å². The summed E-state index contributed by atoms with van der Waals surface area (Å²) in [4.78, 5) is 11.4. The topological polar surface area (TPSA) is 64.3 Å². The van der Waals surface area contributed by atoms with Crippen molar-refractivity contribution in [2.75, 3.05) is 11.9 Å². The first-order valence-corrected chi connectivity index (χ1v) is 6.57. The Bertz CT molecular complexity index is 612. The second kappa shape index (κ2) is 6.30. The van der Waals surface area contributed by atoms with Gasteiger partial charge in [0.25, 0.3) is 5.91 Å². The van der Waals surface area contributed by atoms with E-state index in [-0.39, 0.29) is 0 Å². The number of amides is 1. The molecule has 0 bridgehead atoms. The van der Waals surface area contributed by atoms with E-state index in [9.17, 15) is 4.79 Å². The number of halogens is 1. The fourth-order valence-corrected chi connectivity index (χ4v) is 1.96. The number of anilines is 2. The van der Waals surface area contributed by atoms with Gasteiger partial charge in [0.1, 0.15) is 5.75 Å². The first kappa shape index (κ1) is 14.2. The largest absolute Gasteiger partial charge is 0.494 e. The van der Waals surface area contributed by atoms with Crippen LogP contribution in [0.15, 0.2) is 42.5 Å². The SMILES string of the molecule is CCOc1ccc(Nc2ccc(Cl)cc2C(N)=O)cc1. The Hall–Kier alpha value is -2.20. The van der Waals surface area contributed by atoms with Crippen molar-refractivity contribution in [1.82, 2.24) is 0 Å². The molecule has 0 radical (unpaired) electrons. The van der Waals surface area contributed by atoms with Crippen molar-refractivity contribution in [1.29, 1.82) is 0 Å². The number of benzene rings is 2. The van der Waals surface area contributed by atoms with E-state index in [1.165, 1.54) is 0 Å². The van der Waals surface area contributed by atoms with Crippen molar-refractivity contribution in [2.45, 2.75) is 6.92 Å². The van der Waals surface area contributed by atoms with E-state index in [0.717, 1.165) is 11.4 Å². The molecule has 0 fully saturated rings. The molecule has 0 heterocycles. The van der Waals surface area contributed by atoms with Crippen LogP contribution >= 0.6 is 11.6 Å². The molecule has 0 aliphatic rings. The minimum absolute atomic E-state index is 0.353. The van der Waals surface area contributed by atoms with Crippen molar-refractivity contribution in [3.8, 4) is 5.75 Å². The summed E-state index contributed by atoms with van der Waals surface area (Å²) in [6.07, 6.45) is 0. The normalized spacial score (nSPS) is 10.1. The summed E-state index contributed by atoms with van der Waals surface area (Å²) in [5.41, 5.74) is 7.14. The maximum absolute atomic E-state index is 11.4. The molecule has 0 saturated carbocycles. The molecule has 20 heavy (non-hydrogen) atoms. The summed E-state index contributed by atoms with van der Waals surface area (Å²) in [7, 11) is 0. The minimum Gasteiger partial charge on any atom is -0.494 e. The molecular weight excluding hydrogens is 276 g/mol. The number of carbonyl (C=O) groups excluding carboxylic acids is 1. The zero-order valence-corrected chi connectivity index (χ0v) is 11.8. The average Bonchev–Trinajstić information content (AvgIpc) is 2.43. The number of primary amides is 1. The number of nitrogens with one attached hydrogen (secondary N) is 1. The second-order valence-corrected chi connectivity index (χ2v) is 4.57. The zero-order chi connectivity index (χ0) is 14.5. The van der Waals surface area contributed by atoms with Gasteiger partial charge >= 0.3 is 0 Å². The molecule has 0 aliphatic carbocycles. The Kier molecular flexibility index (Phi) is 4.48. The van der Waals surface area contributed by atoms with Crippen LogP contribution in [0.2, 0.25) is 5.02 Å². The summed E-state index contributed by atoms with van der Waals surface area (Å²) in [6, 6.07) is 12.4. The highest BCUT2D eigenvalue weighted by Crippen LogP contribution is 2.25. The number of ether oxygens (including phenoxy) is 1. The summed E-state index contributed by atoms with van der Waals surface area (Å²) in [6.45, 7) is 2.55. The van der Waals surface area contributed by atoms with Crippen molar-refractivity contribution >= 4 is 28.9 Å². The van der Waals surface area contributed by atoms with Gasteiger partial charge in [-0.2, -0.15) is 0 Å². The lowest BCUT2D eigenvalue weighted by Gasteiger charge is -2.11. The lowest BCUT2D eigenvalue weighted by atomic mass is 10.1. The molecule has 0 aromatic heterocycles. The molecule has 0 saturated heterocycles. The molecule has 0 unspecified atom stereocenters. The Morgan fingerprint density at radius 3 is 2.55 bits per heavy atom. The van der Waals surface area contributed by atoms with E-state index in [4.69, 9.17) is 22.1 Å². The highest BCUT2D eigenvalue weighted by molar-refractivity contribution is 6.31. The van der Waals surface area contributed by atoms with Crippen molar-refractivity contribution in [2.24, 2.45) is 5.73 Å². The van der Waals surface area contributed by atoms with E-state index < -0.39 is 5.91 Å². The highest BCUT2D eigenvalue weighted by Gasteiger charge is 2.09. The van der Waals surface area contributed by atoms with Gasteiger partial charge in [-0.15, -0.1) is 0 Å². The molecule has 0 aliphatic heterocycles.